The van der Waals surface area contributed by atoms with Gasteiger partial charge in [0.15, 0.2) is 0 Å². The predicted molar refractivity (Wildman–Crippen MR) is 75.4 cm³/mol. The van der Waals surface area contributed by atoms with Crippen LogP contribution in [0.3, 0.4) is 0 Å². The molecule has 2 aromatic carbocycles. The molecule has 0 saturated heterocycles. The van der Waals surface area contributed by atoms with Gasteiger partial charge in [-0.1, -0.05) is 17.8 Å². The van der Waals surface area contributed by atoms with E-state index in [0.29, 0.717) is 11.1 Å². The van der Waals surface area contributed by atoms with Gasteiger partial charge in [0.05, 0.1) is 18.2 Å². The van der Waals surface area contributed by atoms with Gasteiger partial charge in [0.25, 0.3) is 11.8 Å². The number of benzene rings is 2. The Hall–Kier alpha value is -2.27. The van der Waals surface area contributed by atoms with Crippen LogP contribution < -0.4 is 10.1 Å². The van der Waals surface area contributed by atoms with Crippen molar-refractivity contribution in [3.8, 4) is 5.75 Å². The number of hydrogen-bond acceptors (Lipinski definition) is 4. The van der Waals surface area contributed by atoms with E-state index < -0.39 is 0 Å². The number of ether oxygens (including phenoxy) is 1. The van der Waals surface area contributed by atoms with E-state index in [9.17, 15) is 9.59 Å². The van der Waals surface area contributed by atoms with Crippen molar-refractivity contribution in [3.05, 3.63) is 53.6 Å². The summed E-state index contributed by atoms with van der Waals surface area (Å²) >= 11 is 1.45. The zero-order valence-corrected chi connectivity index (χ0v) is 11.5. The Balaban J connectivity index is 1.95. The highest BCUT2D eigenvalue weighted by atomic mass is 32.2. The second-order valence-electron chi connectivity index (χ2n) is 4.24. The smallest absolute Gasteiger partial charge is 0.260 e. The number of fused-ring (bicyclic) bond motifs is 1. The summed E-state index contributed by atoms with van der Waals surface area (Å²) in [5.41, 5.74) is 0.895. The van der Waals surface area contributed by atoms with Gasteiger partial charge in [0, 0.05) is 9.79 Å². The molecule has 5 heteroatoms. The van der Waals surface area contributed by atoms with Crippen molar-refractivity contribution in [1.29, 1.82) is 0 Å². The quantitative estimate of drug-likeness (QED) is 0.881. The molecular formula is C15H11NO3S. The third-order valence-electron chi connectivity index (χ3n) is 3.01. The second-order valence-corrected chi connectivity index (χ2v) is 5.35. The lowest BCUT2D eigenvalue weighted by Crippen LogP contribution is -2.20. The molecule has 3 rings (SSSR count). The predicted octanol–water partition coefficient (Wildman–Crippen LogP) is 2.73. The van der Waals surface area contributed by atoms with Crippen molar-refractivity contribution in [2.24, 2.45) is 0 Å². The number of imide groups is 1. The van der Waals surface area contributed by atoms with Crippen molar-refractivity contribution < 1.29 is 14.3 Å². The SMILES string of the molecule is COc1ccc(Sc2cccc3c2C(=O)NC3=O)cc1. The normalized spacial score (nSPS) is 13.1. The van der Waals surface area contributed by atoms with Gasteiger partial charge in [0.1, 0.15) is 5.75 Å². The van der Waals surface area contributed by atoms with Crippen LogP contribution in [-0.4, -0.2) is 18.9 Å². The van der Waals surface area contributed by atoms with Crippen LogP contribution in [0.4, 0.5) is 0 Å². The average molecular weight is 285 g/mol. The Labute approximate surface area is 120 Å². The second kappa shape index (κ2) is 5.02. The van der Waals surface area contributed by atoms with Gasteiger partial charge < -0.3 is 4.74 Å². The first-order valence-electron chi connectivity index (χ1n) is 5.99. The molecule has 1 N–H and O–H groups in total. The summed E-state index contributed by atoms with van der Waals surface area (Å²) in [4.78, 5) is 25.2. The Kier molecular flexibility index (Phi) is 3.20. The van der Waals surface area contributed by atoms with E-state index in [4.69, 9.17) is 4.74 Å². The molecule has 2 aromatic rings. The monoisotopic (exact) mass is 285 g/mol. The molecule has 0 aliphatic carbocycles. The number of methoxy groups -OCH3 is 1. The number of carbonyl (C=O) groups is 2. The van der Waals surface area contributed by atoms with Gasteiger partial charge in [0.2, 0.25) is 0 Å². The molecule has 100 valence electrons. The fourth-order valence-electron chi connectivity index (χ4n) is 2.04. The highest BCUT2D eigenvalue weighted by Gasteiger charge is 2.29. The van der Waals surface area contributed by atoms with Crippen LogP contribution in [0.5, 0.6) is 5.75 Å². The van der Waals surface area contributed by atoms with Gasteiger partial charge >= 0.3 is 0 Å². The molecule has 0 fully saturated rings. The largest absolute Gasteiger partial charge is 0.497 e. The fraction of sp³-hybridized carbons (Fsp3) is 0.0667. The lowest BCUT2D eigenvalue weighted by Gasteiger charge is -2.06. The summed E-state index contributed by atoms with van der Waals surface area (Å²) in [6.45, 7) is 0. The molecule has 20 heavy (non-hydrogen) atoms. The highest BCUT2D eigenvalue weighted by molar-refractivity contribution is 7.99. The summed E-state index contributed by atoms with van der Waals surface area (Å²) < 4.78 is 5.11. The summed E-state index contributed by atoms with van der Waals surface area (Å²) in [5, 5.41) is 2.32. The minimum atomic E-state index is -0.332. The summed E-state index contributed by atoms with van der Waals surface area (Å²) in [6, 6.07) is 12.8. The van der Waals surface area contributed by atoms with Gasteiger partial charge in [-0.05, 0) is 36.4 Å². The number of nitrogens with one attached hydrogen (secondary N) is 1. The lowest BCUT2D eigenvalue weighted by molar-refractivity contribution is 0.0879. The molecule has 1 aliphatic heterocycles. The maximum atomic E-state index is 11.8. The van der Waals surface area contributed by atoms with Crippen LogP contribution in [0.15, 0.2) is 52.3 Å². The lowest BCUT2D eigenvalue weighted by atomic mass is 10.1. The van der Waals surface area contributed by atoms with Gasteiger partial charge in [-0.25, -0.2) is 0 Å². The standard InChI is InChI=1S/C15H11NO3S/c1-19-9-5-7-10(8-6-9)20-12-4-2-3-11-13(12)15(18)16-14(11)17/h2-8H,1H3,(H,16,17,18). The van der Waals surface area contributed by atoms with E-state index in [0.717, 1.165) is 15.5 Å². The van der Waals surface area contributed by atoms with Crippen LogP contribution in [0.25, 0.3) is 0 Å². The van der Waals surface area contributed by atoms with Crippen LogP contribution in [-0.2, 0) is 0 Å². The molecule has 0 bridgehead atoms. The molecule has 2 amide bonds. The number of hydrogen-bond donors (Lipinski definition) is 1. The summed E-state index contributed by atoms with van der Waals surface area (Å²) in [7, 11) is 1.61. The van der Waals surface area contributed by atoms with E-state index in [-0.39, 0.29) is 11.8 Å². The zero-order chi connectivity index (χ0) is 14.1. The molecule has 0 spiro atoms. The molecule has 1 heterocycles. The van der Waals surface area contributed by atoms with Crippen LogP contribution in [0.1, 0.15) is 20.7 Å². The number of rotatable bonds is 3. The molecular weight excluding hydrogens is 274 g/mol. The first-order chi connectivity index (χ1) is 9.69. The summed E-state index contributed by atoms with van der Waals surface area (Å²) in [5.74, 6) is 0.115. The number of amides is 2. The molecule has 0 aromatic heterocycles. The maximum Gasteiger partial charge on any atom is 0.260 e. The zero-order valence-electron chi connectivity index (χ0n) is 10.7. The van der Waals surface area contributed by atoms with E-state index in [2.05, 4.69) is 5.32 Å². The Morgan fingerprint density at radius 2 is 1.75 bits per heavy atom. The third-order valence-corrected chi connectivity index (χ3v) is 4.08. The van der Waals surface area contributed by atoms with E-state index in [1.165, 1.54) is 11.8 Å². The molecule has 1 aliphatic rings. The van der Waals surface area contributed by atoms with Crippen molar-refractivity contribution in [2.75, 3.05) is 7.11 Å². The molecule has 4 nitrogen and oxygen atoms in total. The first-order valence-corrected chi connectivity index (χ1v) is 6.81. The minimum absolute atomic E-state index is 0.331. The Morgan fingerprint density at radius 1 is 1.00 bits per heavy atom. The van der Waals surface area contributed by atoms with Gasteiger partial charge in [-0.2, -0.15) is 0 Å². The Morgan fingerprint density at radius 3 is 2.45 bits per heavy atom. The van der Waals surface area contributed by atoms with Crippen molar-refractivity contribution in [1.82, 2.24) is 5.32 Å². The van der Waals surface area contributed by atoms with Crippen molar-refractivity contribution >= 4 is 23.6 Å². The maximum absolute atomic E-state index is 11.8. The topological polar surface area (TPSA) is 55.4 Å². The van der Waals surface area contributed by atoms with Crippen LogP contribution in [0.2, 0.25) is 0 Å². The molecule has 0 atom stereocenters. The highest BCUT2D eigenvalue weighted by Crippen LogP contribution is 2.34. The van der Waals surface area contributed by atoms with Gasteiger partial charge in [-0.3, -0.25) is 14.9 Å². The van der Waals surface area contributed by atoms with E-state index in [1.807, 2.05) is 30.3 Å². The van der Waals surface area contributed by atoms with Crippen LogP contribution >= 0.6 is 11.8 Å². The number of carbonyl (C=O) groups excluding carboxylic acids is 2. The Bertz CT molecular complexity index is 695. The molecule has 0 unspecified atom stereocenters. The molecule has 0 radical (unpaired) electrons. The summed E-state index contributed by atoms with van der Waals surface area (Å²) in [6.07, 6.45) is 0. The van der Waals surface area contributed by atoms with Crippen LogP contribution in [0, 0.1) is 0 Å². The molecule has 0 saturated carbocycles. The van der Waals surface area contributed by atoms with E-state index >= 15 is 0 Å². The first kappa shape index (κ1) is 12.7. The van der Waals surface area contributed by atoms with E-state index in [1.54, 1.807) is 19.2 Å². The minimum Gasteiger partial charge on any atom is -0.497 e. The van der Waals surface area contributed by atoms with Crippen molar-refractivity contribution in [2.45, 2.75) is 9.79 Å². The fourth-order valence-corrected chi connectivity index (χ4v) is 3.02. The van der Waals surface area contributed by atoms with Crippen molar-refractivity contribution in [3.63, 3.8) is 0 Å². The third kappa shape index (κ3) is 2.16. The van der Waals surface area contributed by atoms with Gasteiger partial charge in [-0.15, -0.1) is 0 Å². The average Bonchev–Trinajstić information content (AvgIpc) is 2.76.